The normalized spacial score (nSPS) is 11.6. The van der Waals surface area contributed by atoms with E-state index in [-0.39, 0.29) is 11.3 Å². The molecule has 0 saturated heterocycles. The number of aromatic hydroxyl groups is 1. The first-order valence-corrected chi connectivity index (χ1v) is 7.25. The maximum atomic E-state index is 12.1. The van der Waals surface area contributed by atoms with E-state index in [0.29, 0.717) is 11.3 Å². The third-order valence-electron chi connectivity index (χ3n) is 3.40. The van der Waals surface area contributed by atoms with Gasteiger partial charge in [0.1, 0.15) is 11.3 Å². The number of phenols is 1. The third-order valence-corrected chi connectivity index (χ3v) is 3.40. The van der Waals surface area contributed by atoms with Crippen LogP contribution in [0.2, 0.25) is 0 Å². The minimum Gasteiger partial charge on any atom is -0.507 e. The van der Waals surface area contributed by atoms with Crippen LogP contribution in [0.5, 0.6) is 5.75 Å². The molecule has 0 heterocycles. The lowest BCUT2D eigenvalue weighted by Crippen LogP contribution is -2.30. The number of amides is 1. The van der Waals surface area contributed by atoms with Crippen molar-refractivity contribution in [3.8, 4) is 5.75 Å². The highest BCUT2D eigenvalue weighted by atomic mass is 16.5. The summed E-state index contributed by atoms with van der Waals surface area (Å²) in [6, 6.07) is 12.1. The van der Waals surface area contributed by atoms with E-state index in [9.17, 15) is 14.7 Å². The van der Waals surface area contributed by atoms with Crippen LogP contribution in [-0.2, 0) is 9.53 Å². The van der Waals surface area contributed by atoms with E-state index in [1.807, 2.05) is 25.1 Å². The molecular formula is C18H19NO4. The standard InChI is InChI=1S/C18H19NO4/c1-11-6-4-8-14(10-11)19-17(21)13(3)23-18(22)15-9-5-7-12(2)16(15)20/h4-10,13,20H,1-3H3,(H,19,21). The number of aryl methyl sites for hydroxylation is 2. The van der Waals surface area contributed by atoms with Gasteiger partial charge in [0, 0.05) is 5.69 Å². The second-order valence-corrected chi connectivity index (χ2v) is 5.38. The molecule has 2 rings (SSSR count). The highest BCUT2D eigenvalue weighted by Crippen LogP contribution is 2.22. The van der Waals surface area contributed by atoms with Crippen molar-refractivity contribution >= 4 is 17.6 Å². The number of benzene rings is 2. The third kappa shape index (κ3) is 4.10. The summed E-state index contributed by atoms with van der Waals surface area (Å²) in [6.45, 7) is 5.08. The molecule has 5 heteroatoms. The van der Waals surface area contributed by atoms with Crippen LogP contribution in [0.1, 0.15) is 28.4 Å². The van der Waals surface area contributed by atoms with E-state index in [2.05, 4.69) is 5.32 Å². The largest absolute Gasteiger partial charge is 0.507 e. The lowest BCUT2D eigenvalue weighted by molar-refractivity contribution is -0.123. The lowest BCUT2D eigenvalue weighted by Gasteiger charge is -2.14. The summed E-state index contributed by atoms with van der Waals surface area (Å²) in [5.74, 6) is -1.31. The molecule has 0 radical (unpaired) electrons. The summed E-state index contributed by atoms with van der Waals surface area (Å²) in [6.07, 6.45) is -0.983. The molecule has 120 valence electrons. The van der Waals surface area contributed by atoms with E-state index < -0.39 is 18.0 Å². The van der Waals surface area contributed by atoms with Gasteiger partial charge >= 0.3 is 5.97 Å². The van der Waals surface area contributed by atoms with Crippen molar-refractivity contribution < 1.29 is 19.4 Å². The number of hydrogen-bond donors (Lipinski definition) is 2. The molecule has 0 aliphatic rings. The van der Waals surface area contributed by atoms with Crippen LogP contribution in [0.4, 0.5) is 5.69 Å². The SMILES string of the molecule is Cc1cccc(NC(=O)C(C)OC(=O)c2cccc(C)c2O)c1. The Balaban J connectivity index is 2.03. The van der Waals surface area contributed by atoms with Gasteiger partial charge < -0.3 is 15.2 Å². The summed E-state index contributed by atoms with van der Waals surface area (Å²) < 4.78 is 5.13. The summed E-state index contributed by atoms with van der Waals surface area (Å²) >= 11 is 0. The second kappa shape index (κ2) is 6.96. The Morgan fingerprint density at radius 2 is 1.83 bits per heavy atom. The minimum absolute atomic E-state index is 0.0419. The number of rotatable bonds is 4. The molecule has 0 fully saturated rings. The predicted molar refractivity (Wildman–Crippen MR) is 87.5 cm³/mol. The Kier molecular flexibility index (Phi) is 5.01. The van der Waals surface area contributed by atoms with Gasteiger partial charge in [0.2, 0.25) is 0 Å². The van der Waals surface area contributed by atoms with Gasteiger partial charge in [-0.1, -0.05) is 24.3 Å². The molecule has 0 spiro atoms. The number of hydrogen-bond acceptors (Lipinski definition) is 4. The van der Waals surface area contributed by atoms with Crippen LogP contribution in [0.25, 0.3) is 0 Å². The summed E-state index contributed by atoms with van der Waals surface area (Å²) in [5.41, 5.74) is 2.25. The van der Waals surface area contributed by atoms with Gasteiger partial charge in [-0.15, -0.1) is 0 Å². The van der Waals surface area contributed by atoms with Gasteiger partial charge in [-0.2, -0.15) is 0 Å². The van der Waals surface area contributed by atoms with Gasteiger partial charge in [-0.25, -0.2) is 4.79 Å². The Morgan fingerprint density at radius 3 is 2.52 bits per heavy atom. The number of para-hydroxylation sites is 1. The fourth-order valence-corrected chi connectivity index (χ4v) is 2.07. The molecular weight excluding hydrogens is 294 g/mol. The molecule has 1 amide bonds. The number of nitrogens with one attached hydrogen (secondary N) is 1. The fourth-order valence-electron chi connectivity index (χ4n) is 2.07. The molecule has 2 aromatic rings. The van der Waals surface area contributed by atoms with Gasteiger partial charge in [0.25, 0.3) is 5.91 Å². The topological polar surface area (TPSA) is 75.6 Å². The first kappa shape index (κ1) is 16.5. The molecule has 0 aromatic heterocycles. The highest BCUT2D eigenvalue weighted by molar-refractivity contribution is 5.98. The quantitative estimate of drug-likeness (QED) is 0.850. The van der Waals surface area contributed by atoms with Crippen LogP contribution in [0, 0.1) is 13.8 Å². The van der Waals surface area contributed by atoms with Crippen LogP contribution in [0.3, 0.4) is 0 Å². The Labute approximate surface area is 134 Å². The van der Waals surface area contributed by atoms with Crippen molar-refractivity contribution in [3.05, 3.63) is 59.2 Å². The fraction of sp³-hybridized carbons (Fsp3) is 0.222. The van der Waals surface area contributed by atoms with E-state index in [1.54, 1.807) is 25.1 Å². The van der Waals surface area contributed by atoms with Crippen LogP contribution < -0.4 is 5.32 Å². The van der Waals surface area contributed by atoms with Crippen molar-refractivity contribution in [2.75, 3.05) is 5.32 Å². The van der Waals surface area contributed by atoms with Crippen molar-refractivity contribution in [1.29, 1.82) is 0 Å². The zero-order chi connectivity index (χ0) is 17.0. The summed E-state index contributed by atoms with van der Waals surface area (Å²) in [5, 5.41) is 12.6. The molecule has 0 aliphatic heterocycles. The average molecular weight is 313 g/mol. The van der Waals surface area contributed by atoms with Crippen LogP contribution in [0.15, 0.2) is 42.5 Å². The Bertz CT molecular complexity index is 740. The van der Waals surface area contributed by atoms with Gasteiger partial charge in [-0.3, -0.25) is 4.79 Å². The predicted octanol–water partition coefficient (Wildman–Crippen LogP) is 3.19. The smallest absolute Gasteiger partial charge is 0.342 e. The van der Waals surface area contributed by atoms with Crippen LogP contribution in [-0.4, -0.2) is 23.1 Å². The number of phenolic OH excluding ortho intramolecular Hbond substituents is 1. The maximum Gasteiger partial charge on any atom is 0.342 e. The van der Waals surface area contributed by atoms with E-state index in [4.69, 9.17) is 4.74 Å². The average Bonchev–Trinajstić information content (AvgIpc) is 2.49. The van der Waals surface area contributed by atoms with Crippen molar-refractivity contribution in [1.82, 2.24) is 0 Å². The van der Waals surface area contributed by atoms with Crippen molar-refractivity contribution in [2.24, 2.45) is 0 Å². The number of ether oxygens (including phenoxy) is 1. The van der Waals surface area contributed by atoms with Gasteiger partial charge in [0.05, 0.1) is 0 Å². The van der Waals surface area contributed by atoms with E-state index >= 15 is 0 Å². The first-order chi connectivity index (χ1) is 10.9. The van der Waals surface area contributed by atoms with Crippen molar-refractivity contribution in [3.63, 3.8) is 0 Å². The lowest BCUT2D eigenvalue weighted by atomic mass is 10.1. The van der Waals surface area contributed by atoms with Crippen molar-refractivity contribution in [2.45, 2.75) is 26.9 Å². The minimum atomic E-state index is -0.983. The molecule has 0 saturated carbocycles. The zero-order valence-corrected chi connectivity index (χ0v) is 13.3. The highest BCUT2D eigenvalue weighted by Gasteiger charge is 2.21. The zero-order valence-electron chi connectivity index (χ0n) is 13.3. The molecule has 5 nitrogen and oxygen atoms in total. The monoisotopic (exact) mass is 313 g/mol. The van der Waals surface area contributed by atoms with Gasteiger partial charge in [0.15, 0.2) is 6.10 Å². The van der Waals surface area contributed by atoms with Gasteiger partial charge in [-0.05, 0) is 50.1 Å². The Morgan fingerprint density at radius 1 is 1.13 bits per heavy atom. The number of anilines is 1. The summed E-state index contributed by atoms with van der Waals surface area (Å²) in [4.78, 5) is 24.2. The molecule has 2 N–H and O–H groups in total. The second-order valence-electron chi connectivity index (χ2n) is 5.38. The number of carbonyl (C=O) groups excluding carboxylic acids is 2. The molecule has 0 aliphatic carbocycles. The molecule has 1 unspecified atom stereocenters. The first-order valence-electron chi connectivity index (χ1n) is 7.25. The molecule has 23 heavy (non-hydrogen) atoms. The molecule has 1 atom stereocenters. The molecule has 0 bridgehead atoms. The maximum absolute atomic E-state index is 12.1. The number of esters is 1. The summed E-state index contributed by atoms with van der Waals surface area (Å²) in [7, 11) is 0. The Hall–Kier alpha value is -2.82. The van der Waals surface area contributed by atoms with E-state index in [0.717, 1.165) is 5.56 Å². The number of carbonyl (C=O) groups is 2. The van der Waals surface area contributed by atoms with E-state index in [1.165, 1.54) is 13.0 Å². The molecule has 2 aromatic carbocycles. The van der Waals surface area contributed by atoms with Crippen LogP contribution >= 0.6 is 0 Å².